The molecule has 8 heteroatoms. The first kappa shape index (κ1) is 18.9. The van der Waals surface area contributed by atoms with Crippen LogP contribution in [0.5, 0.6) is 11.5 Å². The van der Waals surface area contributed by atoms with Gasteiger partial charge in [-0.25, -0.2) is 9.18 Å². The maximum absolute atomic E-state index is 13.7. The molecule has 2 unspecified atom stereocenters. The van der Waals surface area contributed by atoms with E-state index in [1.807, 2.05) is 6.07 Å². The highest BCUT2D eigenvalue weighted by Gasteiger charge is 2.47. The van der Waals surface area contributed by atoms with Crippen LogP contribution in [0.1, 0.15) is 24.0 Å². The lowest BCUT2D eigenvalue weighted by atomic mass is 9.91. The fourth-order valence-corrected chi connectivity index (χ4v) is 4.39. The summed E-state index contributed by atoms with van der Waals surface area (Å²) in [5.74, 6) is 0.417. The van der Waals surface area contributed by atoms with Crippen molar-refractivity contribution < 1.29 is 23.5 Å². The van der Waals surface area contributed by atoms with Crippen LogP contribution in [-0.4, -0.2) is 41.2 Å². The van der Waals surface area contributed by atoms with Gasteiger partial charge in [0.05, 0.1) is 18.6 Å². The van der Waals surface area contributed by atoms with Crippen molar-refractivity contribution in [1.82, 2.24) is 15.1 Å². The van der Waals surface area contributed by atoms with Crippen LogP contribution in [-0.2, 0) is 17.9 Å². The summed E-state index contributed by atoms with van der Waals surface area (Å²) in [6.07, 6.45) is 1.20. The topological polar surface area (TPSA) is 71.1 Å². The Kier molecular flexibility index (Phi) is 4.78. The van der Waals surface area contributed by atoms with Gasteiger partial charge < -0.3 is 14.4 Å². The van der Waals surface area contributed by atoms with Crippen molar-refractivity contribution >= 4 is 11.9 Å². The molecule has 5 rings (SSSR count). The molecule has 7 nitrogen and oxygen atoms in total. The summed E-state index contributed by atoms with van der Waals surface area (Å²) in [4.78, 5) is 29.5. The van der Waals surface area contributed by atoms with E-state index in [4.69, 9.17) is 9.47 Å². The Balaban J connectivity index is 1.43. The van der Waals surface area contributed by atoms with Gasteiger partial charge >= 0.3 is 6.03 Å². The van der Waals surface area contributed by atoms with Crippen LogP contribution >= 0.6 is 0 Å². The van der Waals surface area contributed by atoms with E-state index in [1.165, 1.54) is 17.0 Å². The number of carbonyl (C=O) groups excluding carboxylic acids is 2. The number of nitrogens with zero attached hydrogens (tertiary/aromatic N) is 2. The number of fused-ring (bicyclic) bond motifs is 2. The van der Waals surface area contributed by atoms with E-state index >= 15 is 0 Å². The number of benzene rings is 2. The predicted molar refractivity (Wildman–Crippen MR) is 105 cm³/mol. The molecule has 3 aliphatic rings. The lowest BCUT2D eigenvalue weighted by molar-refractivity contribution is -0.142. The van der Waals surface area contributed by atoms with Crippen molar-refractivity contribution in [2.45, 2.75) is 32.1 Å². The molecule has 3 amide bonds. The third-order valence-electron chi connectivity index (χ3n) is 5.84. The van der Waals surface area contributed by atoms with Crippen molar-refractivity contribution in [3.05, 3.63) is 59.4 Å². The molecule has 3 aliphatic heterocycles. The molecule has 0 aliphatic carbocycles. The monoisotopic (exact) mass is 411 g/mol. The number of amides is 3. The molecule has 156 valence electrons. The first-order chi connectivity index (χ1) is 14.6. The van der Waals surface area contributed by atoms with Crippen LogP contribution in [0.15, 0.2) is 42.5 Å². The van der Waals surface area contributed by atoms with Crippen LogP contribution < -0.4 is 14.8 Å². The van der Waals surface area contributed by atoms with E-state index in [9.17, 15) is 14.0 Å². The van der Waals surface area contributed by atoms with Gasteiger partial charge in [0, 0.05) is 6.54 Å². The number of ether oxygens (including phenoxy) is 2. The van der Waals surface area contributed by atoms with Gasteiger partial charge in [-0.3, -0.25) is 15.0 Å². The fraction of sp³-hybridized carbons (Fsp3) is 0.364. The highest BCUT2D eigenvalue weighted by Crippen LogP contribution is 2.34. The molecule has 0 saturated carbocycles. The average Bonchev–Trinajstić information content (AvgIpc) is 3.22. The lowest BCUT2D eigenvalue weighted by Gasteiger charge is -2.47. The average molecular weight is 411 g/mol. The SMILES string of the molecule is O=C1C2CCCNC2N(Cc2cccc(F)c2)C(=O)N1Cc1ccc2c(c1)OCO2. The molecular weight excluding hydrogens is 389 g/mol. The summed E-state index contributed by atoms with van der Waals surface area (Å²) in [5.41, 5.74) is 1.47. The summed E-state index contributed by atoms with van der Waals surface area (Å²) in [6.45, 7) is 1.29. The van der Waals surface area contributed by atoms with Gasteiger partial charge in [-0.15, -0.1) is 0 Å². The molecule has 0 spiro atoms. The van der Waals surface area contributed by atoms with Gasteiger partial charge in [-0.05, 0) is 54.8 Å². The normalized spacial score (nSPS) is 23.0. The maximum atomic E-state index is 13.7. The quantitative estimate of drug-likeness (QED) is 0.838. The van der Waals surface area contributed by atoms with Crippen LogP contribution in [0, 0.1) is 11.7 Å². The summed E-state index contributed by atoms with van der Waals surface area (Å²) in [5, 5.41) is 3.31. The van der Waals surface area contributed by atoms with Gasteiger partial charge in [0.2, 0.25) is 12.7 Å². The van der Waals surface area contributed by atoms with Crippen molar-refractivity contribution in [2.24, 2.45) is 5.92 Å². The third-order valence-corrected chi connectivity index (χ3v) is 5.84. The molecule has 2 fully saturated rings. The zero-order valence-electron chi connectivity index (χ0n) is 16.3. The third kappa shape index (κ3) is 3.37. The minimum Gasteiger partial charge on any atom is -0.454 e. The largest absolute Gasteiger partial charge is 0.454 e. The summed E-state index contributed by atoms with van der Waals surface area (Å²) in [7, 11) is 0. The smallest absolute Gasteiger partial charge is 0.328 e. The van der Waals surface area contributed by atoms with Gasteiger partial charge in [-0.1, -0.05) is 18.2 Å². The molecule has 1 N–H and O–H groups in total. The number of nitrogens with one attached hydrogen (secondary N) is 1. The predicted octanol–water partition coefficient (Wildman–Crippen LogP) is 2.84. The second-order valence-electron chi connectivity index (χ2n) is 7.80. The molecule has 3 heterocycles. The Bertz CT molecular complexity index is 998. The number of halogens is 1. The molecule has 2 aromatic carbocycles. The van der Waals surface area contributed by atoms with E-state index in [1.54, 1.807) is 29.2 Å². The van der Waals surface area contributed by atoms with Gasteiger partial charge in [0.25, 0.3) is 0 Å². The minimum absolute atomic E-state index is 0.150. The number of hydrogen-bond donors (Lipinski definition) is 1. The maximum Gasteiger partial charge on any atom is 0.328 e. The number of imide groups is 1. The molecule has 0 bridgehead atoms. The van der Waals surface area contributed by atoms with Gasteiger partial charge in [-0.2, -0.15) is 0 Å². The summed E-state index contributed by atoms with van der Waals surface area (Å²) >= 11 is 0. The van der Waals surface area contributed by atoms with Crippen molar-refractivity contribution in [3.8, 4) is 11.5 Å². The van der Waals surface area contributed by atoms with E-state index < -0.39 is 0 Å². The molecule has 2 aromatic rings. The van der Waals surface area contributed by atoms with Crippen LogP contribution in [0.25, 0.3) is 0 Å². The fourth-order valence-electron chi connectivity index (χ4n) is 4.39. The first-order valence-corrected chi connectivity index (χ1v) is 10.1. The lowest BCUT2D eigenvalue weighted by Crippen LogP contribution is -2.66. The van der Waals surface area contributed by atoms with Crippen molar-refractivity contribution in [2.75, 3.05) is 13.3 Å². The Hall–Kier alpha value is -3.13. The van der Waals surface area contributed by atoms with Gasteiger partial charge in [0.1, 0.15) is 5.82 Å². The molecule has 2 saturated heterocycles. The number of rotatable bonds is 4. The Labute approximate surface area is 173 Å². The Morgan fingerprint density at radius 3 is 2.73 bits per heavy atom. The molecule has 2 atom stereocenters. The zero-order chi connectivity index (χ0) is 20.7. The number of urea groups is 1. The molecular formula is C22H22FN3O4. The standard InChI is InChI=1S/C22H22FN3O4/c23-16-4-1-3-14(9-16)11-25-20-17(5-2-8-24-20)21(27)26(22(25)28)12-15-6-7-18-19(10-15)30-13-29-18/h1,3-4,6-7,9-10,17,20,24H,2,5,8,11-13H2. The number of hydrogen-bond acceptors (Lipinski definition) is 5. The minimum atomic E-state index is -0.380. The second-order valence-corrected chi connectivity index (χ2v) is 7.80. The van der Waals surface area contributed by atoms with Crippen LogP contribution in [0.3, 0.4) is 0 Å². The van der Waals surface area contributed by atoms with Crippen molar-refractivity contribution in [1.29, 1.82) is 0 Å². The van der Waals surface area contributed by atoms with Gasteiger partial charge in [0.15, 0.2) is 11.5 Å². The molecule has 30 heavy (non-hydrogen) atoms. The first-order valence-electron chi connectivity index (χ1n) is 10.1. The van der Waals surface area contributed by atoms with E-state index in [0.717, 1.165) is 18.5 Å². The van der Waals surface area contributed by atoms with E-state index in [-0.39, 0.29) is 49.7 Å². The zero-order valence-corrected chi connectivity index (χ0v) is 16.3. The highest BCUT2D eigenvalue weighted by atomic mass is 19.1. The number of piperidine rings is 1. The van der Waals surface area contributed by atoms with Crippen LogP contribution in [0.2, 0.25) is 0 Å². The summed E-state index contributed by atoms with van der Waals surface area (Å²) in [6, 6.07) is 11.2. The molecule has 0 aromatic heterocycles. The number of carbonyl (C=O) groups is 2. The second kappa shape index (κ2) is 7.60. The molecule has 0 radical (unpaired) electrons. The Morgan fingerprint density at radius 2 is 1.87 bits per heavy atom. The van der Waals surface area contributed by atoms with E-state index in [0.29, 0.717) is 23.5 Å². The van der Waals surface area contributed by atoms with Crippen molar-refractivity contribution in [3.63, 3.8) is 0 Å². The van der Waals surface area contributed by atoms with Crippen LogP contribution in [0.4, 0.5) is 9.18 Å². The Morgan fingerprint density at radius 1 is 1.03 bits per heavy atom. The highest BCUT2D eigenvalue weighted by molar-refractivity contribution is 5.98. The van der Waals surface area contributed by atoms with E-state index in [2.05, 4.69) is 5.32 Å². The summed E-state index contributed by atoms with van der Waals surface area (Å²) < 4.78 is 24.4.